The van der Waals surface area contributed by atoms with E-state index < -0.39 is 10.0 Å². The molecule has 0 unspecified atom stereocenters. The van der Waals surface area contributed by atoms with E-state index in [0.29, 0.717) is 35.2 Å². The van der Waals surface area contributed by atoms with Crippen LogP contribution in [0.2, 0.25) is 5.02 Å². The van der Waals surface area contributed by atoms with Crippen molar-refractivity contribution >= 4 is 27.3 Å². The molecule has 0 spiro atoms. The van der Waals surface area contributed by atoms with Gasteiger partial charge >= 0.3 is 0 Å². The molecular weight excluding hydrogens is 410 g/mol. The quantitative estimate of drug-likeness (QED) is 0.739. The second-order valence-electron chi connectivity index (χ2n) is 7.63. The highest BCUT2D eigenvalue weighted by molar-refractivity contribution is 7.89. The molecule has 2 aromatic carbocycles. The predicted octanol–water partition coefficient (Wildman–Crippen LogP) is 2.85. The molecule has 2 aliphatic heterocycles. The van der Waals surface area contributed by atoms with Crippen LogP contribution in [0, 0.1) is 0 Å². The predicted molar refractivity (Wildman–Crippen MR) is 115 cm³/mol. The SMILES string of the molecule is COc1ccc(S(=O)(=O)N2CCc3cc(Cl)ccc3C2)cc1N1CCN(C)CC1. The van der Waals surface area contributed by atoms with E-state index >= 15 is 0 Å². The Balaban J connectivity index is 1.63. The summed E-state index contributed by atoms with van der Waals surface area (Å²) in [6.07, 6.45) is 0.663. The van der Waals surface area contributed by atoms with Crippen molar-refractivity contribution in [3.63, 3.8) is 0 Å². The van der Waals surface area contributed by atoms with Gasteiger partial charge in [-0.3, -0.25) is 0 Å². The molecule has 2 heterocycles. The second kappa shape index (κ2) is 8.14. The van der Waals surface area contributed by atoms with Crippen LogP contribution in [0.4, 0.5) is 5.69 Å². The van der Waals surface area contributed by atoms with Crippen LogP contribution in [0.25, 0.3) is 0 Å². The van der Waals surface area contributed by atoms with Gasteiger partial charge < -0.3 is 14.5 Å². The summed E-state index contributed by atoms with van der Waals surface area (Å²) >= 11 is 6.08. The number of hydrogen-bond acceptors (Lipinski definition) is 5. The van der Waals surface area contributed by atoms with Crippen LogP contribution in [-0.2, 0) is 23.0 Å². The summed E-state index contributed by atoms with van der Waals surface area (Å²) in [5.74, 6) is 0.701. The number of piperazine rings is 1. The van der Waals surface area contributed by atoms with E-state index in [1.54, 1.807) is 29.6 Å². The summed E-state index contributed by atoms with van der Waals surface area (Å²) in [6, 6.07) is 10.8. The fourth-order valence-corrected chi connectivity index (χ4v) is 5.61. The number of halogens is 1. The molecule has 29 heavy (non-hydrogen) atoms. The Morgan fingerprint density at radius 3 is 2.45 bits per heavy atom. The molecule has 4 rings (SSSR count). The highest BCUT2D eigenvalue weighted by Gasteiger charge is 2.30. The summed E-state index contributed by atoms with van der Waals surface area (Å²) in [6.45, 7) is 4.37. The lowest BCUT2D eigenvalue weighted by Crippen LogP contribution is -2.44. The lowest BCUT2D eigenvalue weighted by atomic mass is 10.0. The van der Waals surface area contributed by atoms with Gasteiger partial charge in [0.15, 0.2) is 0 Å². The molecule has 0 bridgehead atoms. The first-order valence-electron chi connectivity index (χ1n) is 9.77. The number of ether oxygens (including phenoxy) is 1. The Morgan fingerprint density at radius 1 is 0.966 bits per heavy atom. The van der Waals surface area contributed by atoms with Gasteiger partial charge in [-0.2, -0.15) is 4.31 Å². The van der Waals surface area contributed by atoms with E-state index in [1.165, 1.54) is 0 Å². The van der Waals surface area contributed by atoms with Crippen molar-refractivity contribution in [3.8, 4) is 5.75 Å². The maximum Gasteiger partial charge on any atom is 0.243 e. The lowest BCUT2D eigenvalue weighted by molar-refractivity contribution is 0.311. The van der Waals surface area contributed by atoms with E-state index in [0.717, 1.165) is 43.0 Å². The fourth-order valence-electron chi connectivity index (χ4n) is 3.97. The van der Waals surface area contributed by atoms with E-state index in [1.807, 2.05) is 18.2 Å². The topological polar surface area (TPSA) is 53.1 Å². The number of anilines is 1. The fraction of sp³-hybridized carbons (Fsp3) is 0.429. The molecule has 8 heteroatoms. The molecule has 0 amide bonds. The van der Waals surface area contributed by atoms with Crippen molar-refractivity contribution < 1.29 is 13.2 Å². The summed E-state index contributed by atoms with van der Waals surface area (Å²) < 4.78 is 33.8. The first kappa shape index (κ1) is 20.5. The number of nitrogens with zero attached hydrogens (tertiary/aromatic N) is 3. The maximum atomic E-state index is 13.4. The monoisotopic (exact) mass is 435 g/mol. The van der Waals surface area contributed by atoms with Gasteiger partial charge in [0.25, 0.3) is 0 Å². The first-order chi connectivity index (χ1) is 13.9. The van der Waals surface area contributed by atoms with Gasteiger partial charge in [0, 0.05) is 44.3 Å². The summed E-state index contributed by atoms with van der Waals surface area (Å²) in [7, 11) is 0.111. The minimum atomic E-state index is -3.60. The zero-order valence-electron chi connectivity index (χ0n) is 16.8. The highest BCUT2D eigenvalue weighted by Crippen LogP contribution is 2.34. The molecule has 0 atom stereocenters. The van der Waals surface area contributed by atoms with Crippen LogP contribution in [0.5, 0.6) is 5.75 Å². The molecule has 1 saturated heterocycles. The van der Waals surface area contributed by atoms with Crippen molar-refractivity contribution in [3.05, 3.63) is 52.5 Å². The van der Waals surface area contributed by atoms with Crippen LogP contribution in [0.1, 0.15) is 11.1 Å². The van der Waals surface area contributed by atoms with Gasteiger partial charge in [-0.15, -0.1) is 0 Å². The minimum absolute atomic E-state index is 0.310. The van der Waals surface area contributed by atoms with Crippen molar-refractivity contribution in [2.75, 3.05) is 51.8 Å². The normalized spacial score (nSPS) is 18.5. The molecule has 2 aromatic rings. The Kier molecular flexibility index (Phi) is 5.75. The van der Waals surface area contributed by atoms with Crippen LogP contribution < -0.4 is 9.64 Å². The summed E-state index contributed by atoms with van der Waals surface area (Å²) in [5, 5.41) is 0.687. The molecule has 0 aromatic heterocycles. The Morgan fingerprint density at radius 2 is 1.72 bits per heavy atom. The number of fused-ring (bicyclic) bond motifs is 1. The Hall–Kier alpha value is -1.80. The standard InChI is InChI=1S/C21H26ClN3O3S/c1-23-9-11-24(12-10-23)20-14-19(5-6-21(20)28-2)29(26,27)25-8-7-16-13-18(22)4-3-17(16)15-25/h3-6,13-14H,7-12,15H2,1-2H3. The van der Waals surface area contributed by atoms with Gasteiger partial charge in [0.05, 0.1) is 17.7 Å². The van der Waals surface area contributed by atoms with Gasteiger partial charge in [-0.1, -0.05) is 17.7 Å². The lowest BCUT2D eigenvalue weighted by Gasteiger charge is -2.35. The molecular formula is C21H26ClN3O3S. The van der Waals surface area contributed by atoms with Gasteiger partial charge in [-0.25, -0.2) is 8.42 Å². The highest BCUT2D eigenvalue weighted by atomic mass is 35.5. The van der Waals surface area contributed by atoms with Crippen LogP contribution >= 0.6 is 11.6 Å². The molecule has 0 aliphatic carbocycles. The van der Waals surface area contributed by atoms with Crippen LogP contribution in [-0.4, -0.2) is 64.5 Å². The molecule has 0 N–H and O–H groups in total. The molecule has 1 fully saturated rings. The second-order valence-corrected chi connectivity index (χ2v) is 10.00. The number of sulfonamides is 1. The average Bonchev–Trinajstić information content (AvgIpc) is 2.73. The minimum Gasteiger partial charge on any atom is -0.495 e. The molecule has 0 saturated carbocycles. The van der Waals surface area contributed by atoms with Gasteiger partial charge in [0.2, 0.25) is 10.0 Å². The summed E-state index contributed by atoms with van der Waals surface area (Å²) in [4.78, 5) is 4.77. The smallest absolute Gasteiger partial charge is 0.243 e. The van der Waals surface area contributed by atoms with E-state index in [-0.39, 0.29) is 0 Å². The third-order valence-corrected chi connectivity index (χ3v) is 7.85. The van der Waals surface area contributed by atoms with Crippen molar-refractivity contribution in [1.29, 1.82) is 0 Å². The molecule has 0 radical (unpaired) electrons. The van der Waals surface area contributed by atoms with Gasteiger partial charge in [0.1, 0.15) is 5.75 Å². The van der Waals surface area contributed by atoms with E-state index in [2.05, 4.69) is 16.8 Å². The van der Waals surface area contributed by atoms with Gasteiger partial charge in [-0.05, 0) is 54.9 Å². The van der Waals surface area contributed by atoms with Crippen molar-refractivity contribution in [2.45, 2.75) is 17.9 Å². The number of rotatable bonds is 4. The Bertz CT molecular complexity index is 1000. The van der Waals surface area contributed by atoms with Crippen LogP contribution in [0.3, 0.4) is 0 Å². The number of methoxy groups -OCH3 is 1. The van der Waals surface area contributed by atoms with Crippen LogP contribution in [0.15, 0.2) is 41.3 Å². The first-order valence-corrected chi connectivity index (χ1v) is 11.6. The number of likely N-dealkylation sites (N-methyl/N-ethyl adjacent to an activating group) is 1. The molecule has 156 valence electrons. The number of hydrogen-bond donors (Lipinski definition) is 0. The third-order valence-electron chi connectivity index (χ3n) is 5.78. The molecule has 2 aliphatic rings. The largest absolute Gasteiger partial charge is 0.495 e. The number of benzene rings is 2. The summed E-state index contributed by atoms with van der Waals surface area (Å²) in [5.41, 5.74) is 2.97. The third kappa shape index (κ3) is 4.10. The average molecular weight is 436 g/mol. The van der Waals surface area contributed by atoms with Crippen molar-refractivity contribution in [1.82, 2.24) is 9.21 Å². The Labute approximate surface area is 177 Å². The maximum absolute atomic E-state index is 13.4. The zero-order chi connectivity index (χ0) is 20.6. The molecule has 6 nitrogen and oxygen atoms in total. The van der Waals surface area contributed by atoms with E-state index in [4.69, 9.17) is 16.3 Å². The van der Waals surface area contributed by atoms with E-state index in [9.17, 15) is 8.42 Å². The van der Waals surface area contributed by atoms with Crippen molar-refractivity contribution in [2.24, 2.45) is 0 Å². The zero-order valence-corrected chi connectivity index (χ0v) is 18.3.